The average Bonchev–Trinajstić information content (AvgIpc) is 2.73. The fraction of sp³-hybridized carbons (Fsp3) is 0.409. The van der Waals surface area contributed by atoms with Gasteiger partial charge in [0.05, 0.1) is 25.2 Å². The standard InChI is InChI=1S/C22H29N3O4S/c1-3-25(30(2,27)28)21-9-7-20(8-10-21)22(26)23-16-18-5-4-6-19(15-18)17-24-11-13-29-14-12-24/h4-10,15H,3,11-14,16-17H2,1-2H3,(H,23,26). The molecule has 3 rings (SSSR count). The van der Waals surface area contributed by atoms with Crippen LogP contribution < -0.4 is 9.62 Å². The minimum atomic E-state index is -3.34. The molecule has 30 heavy (non-hydrogen) atoms. The minimum absolute atomic E-state index is 0.192. The number of sulfonamides is 1. The van der Waals surface area contributed by atoms with Gasteiger partial charge >= 0.3 is 0 Å². The molecule has 8 heteroatoms. The van der Waals surface area contributed by atoms with Crippen LogP contribution in [0.5, 0.6) is 0 Å². The van der Waals surface area contributed by atoms with Gasteiger partial charge in [-0.25, -0.2) is 8.42 Å². The summed E-state index contributed by atoms with van der Waals surface area (Å²) in [6, 6.07) is 14.8. The molecule has 0 spiro atoms. The Labute approximate surface area is 178 Å². The number of anilines is 1. The molecule has 0 unspecified atom stereocenters. The molecule has 1 N–H and O–H groups in total. The zero-order valence-corrected chi connectivity index (χ0v) is 18.3. The zero-order chi connectivity index (χ0) is 21.6. The Bertz CT molecular complexity index is 955. The van der Waals surface area contributed by atoms with Crippen LogP contribution in [0.1, 0.15) is 28.4 Å². The minimum Gasteiger partial charge on any atom is -0.379 e. The number of ether oxygens (including phenoxy) is 1. The third-order valence-corrected chi connectivity index (χ3v) is 6.33. The molecule has 1 fully saturated rings. The fourth-order valence-electron chi connectivity index (χ4n) is 3.53. The summed E-state index contributed by atoms with van der Waals surface area (Å²) in [5.74, 6) is -0.192. The SMILES string of the molecule is CCN(c1ccc(C(=O)NCc2cccc(CN3CCOCC3)c2)cc1)S(C)(=O)=O. The van der Waals surface area contributed by atoms with Gasteiger partial charge in [0.15, 0.2) is 0 Å². The number of benzene rings is 2. The molecule has 0 aliphatic carbocycles. The molecule has 0 atom stereocenters. The van der Waals surface area contributed by atoms with Crippen molar-refractivity contribution in [2.75, 3.05) is 43.4 Å². The van der Waals surface area contributed by atoms with Crippen molar-refractivity contribution in [3.05, 3.63) is 65.2 Å². The lowest BCUT2D eigenvalue weighted by atomic mass is 10.1. The van der Waals surface area contributed by atoms with E-state index in [1.807, 2.05) is 12.1 Å². The van der Waals surface area contributed by atoms with Crippen molar-refractivity contribution in [1.29, 1.82) is 0 Å². The maximum atomic E-state index is 12.5. The first kappa shape index (κ1) is 22.3. The summed E-state index contributed by atoms with van der Waals surface area (Å²) >= 11 is 0. The van der Waals surface area contributed by atoms with Crippen molar-refractivity contribution in [3.63, 3.8) is 0 Å². The molecule has 7 nitrogen and oxygen atoms in total. The largest absolute Gasteiger partial charge is 0.379 e. The van der Waals surface area contributed by atoms with Crippen LogP contribution in [0, 0.1) is 0 Å². The van der Waals surface area contributed by atoms with Gasteiger partial charge < -0.3 is 10.1 Å². The Balaban J connectivity index is 1.58. The second kappa shape index (κ2) is 10.1. The number of carbonyl (C=O) groups is 1. The Hall–Kier alpha value is -2.42. The Morgan fingerprint density at radius 1 is 1.10 bits per heavy atom. The van der Waals surface area contributed by atoms with Gasteiger partial charge in [-0.3, -0.25) is 14.0 Å². The second-order valence-corrected chi connectivity index (χ2v) is 9.27. The first-order chi connectivity index (χ1) is 14.4. The van der Waals surface area contributed by atoms with Gasteiger partial charge in [-0.05, 0) is 42.3 Å². The molecule has 2 aromatic rings. The van der Waals surface area contributed by atoms with Gasteiger partial charge in [-0.15, -0.1) is 0 Å². The van der Waals surface area contributed by atoms with Gasteiger partial charge in [-0.1, -0.05) is 24.3 Å². The summed E-state index contributed by atoms with van der Waals surface area (Å²) in [7, 11) is -3.34. The van der Waals surface area contributed by atoms with Crippen molar-refractivity contribution < 1.29 is 17.9 Å². The summed E-state index contributed by atoms with van der Waals surface area (Å²) in [4.78, 5) is 14.9. The maximum absolute atomic E-state index is 12.5. The van der Waals surface area contributed by atoms with Crippen molar-refractivity contribution >= 4 is 21.6 Å². The molecule has 1 aliphatic heterocycles. The highest BCUT2D eigenvalue weighted by Crippen LogP contribution is 2.18. The van der Waals surface area contributed by atoms with Crippen LogP contribution in [-0.4, -0.2) is 58.3 Å². The Kier molecular flexibility index (Phi) is 7.47. The van der Waals surface area contributed by atoms with Crippen molar-refractivity contribution in [1.82, 2.24) is 10.2 Å². The van der Waals surface area contributed by atoms with Crippen LogP contribution in [0.25, 0.3) is 0 Å². The first-order valence-corrected chi connectivity index (χ1v) is 12.0. The van der Waals surface area contributed by atoms with Gasteiger partial charge in [0.1, 0.15) is 0 Å². The highest BCUT2D eigenvalue weighted by molar-refractivity contribution is 7.92. The van der Waals surface area contributed by atoms with E-state index in [-0.39, 0.29) is 5.91 Å². The third-order valence-electron chi connectivity index (χ3n) is 5.06. The summed E-state index contributed by atoms with van der Waals surface area (Å²) in [5.41, 5.74) is 3.30. The topological polar surface area (TPSA) is 79.0 Å². The quantitative estimate of drug-likeness (QED) is 0.694. The third kappa shape index (κ3) is 6.04. The molecule has 1 aliphatic rings. The Morgan fingerprint density at radius 2 is 1.77 bits per heavy atom. The number of hydrogen-bond acceptors (Lipinski definition) is 5. The molecule has 1 saturated heterocycles. The van der Waals surface area contributed by atoms with Gasteiger partial charge in [0.25, 0.3) is 5.91 Å². The van der Waals surface area contributed by atoms with E-state index in [0.29, 0.717) is 24.3 Å². The van der Waals surface area contributed by atoms with E-state index in [0.717, 1.165) is 38.4 Å². The lowest BCUT2D eigenvalue weighted by Gasteiger charge is -2.26. The average molecular weight is 432 g/mol. The van der Waals surface area contributed by atoms with Crippen molar-refractivity contribution in [2.24, 2.45) is 0 Å². The maximum Gasteiger partial charge on any atom is 0.251 e. The van der Waals surface area contributed by atoms with E-state index in [4.69, 9.17) is 4.74 Å². The number of rotatable bonds is 8. The zero-order valence-electron chi connectivity index (χ0n) is 17.5. The lowest BCUT2D eigenvalue weighted by molar-refractivity contribution is 0.0342. The molecule has 0 bridgehead atoms. The van der Waals surface area contributed by atoms with Crippen LogP contribution in [0.4, 0.5) is 5.69 Å². The number of hydrogen-bond donors (Lipinski definition) is 1. The predicted molar refractivity (Wildman–Crippen MR) is 118 cm³/mol. The van der Waals surface area contributed by atoms with Crippen LogP contribution in [0.3, 0.4) is 0 Å². The van der Waals surface area contributed by atoms with E-state index in [1.54, 1.807) is 31.2 Å². The molecular weight excluding hydrogens is 402 g/mol. The number of carbonyl (C=O) groups excluding carboxylic acids is 1. The summed E-state index contributed by atoms with van der Waals surface area (Å²) in [5, 5.41) is 2.93. The number of morpholine rings is 1. The van der Waals surface area contributed by atoms with Crippen LogP contribution >= 0.6 is 0 Å². The number of nitrogens with zero attached hydrogens (tertiary/aromatic N) is 2. The van der Waals surface area contributed by atoms with Crippen LogP contribution in [-0.2, 0) is 27.8 Å². The molecule has 0 saturated carbocycles. The highest BCUT2D eigenvalue weighted by atomic mass is 32.2. The van der Waals surface area contributed by atoms with E-state index in [2.05, 4.69) is 22.3 Å². The second-order valence-electron chi connectivity index (χ2n) is 7.37. The van der Waals surface area contributed by atoms with Gasteiger partial charge in [0.2, 0.25) is 10.0 Å². The summed E-state index contributed by atoms with van der Waals surface area (Å²) in [6.07, 6.45) is 1.17. The molecule has 162 valence electrons. The number of amides is 1. The van der Waals surface area contributed by atoms with Crippen LogP contribution in [0.2, 0.25) is 0 Å². The molecule has 1 heterocycles. The van der Waals surface area contributed by atoms with E-state index >= 15 is 0 Å². The van der Waals surface area contributed by atoms with E-state index in [9.17, 15) is 13.2 Å². The smallest absolute Gasteiger partial charge is 0.251 e. The molecule has 2 aromatic carbocycles. The molecule has 0 aromatic heterocycles. The van der Waals surface area contributed by atoms with Gasteiger partial charge in [-0.2, -0.15) is 0 Å². The fourth-order valence-corrected chi connectivity index (χ4v) is 4.50. The van der Waals surface area contributed by atoms with Crippen molar-refractivity contribution in [2.45, 2.75) is 20.0 Å². The first-order valence-electron chi connectivity index (χ1n) is 10.1. The monoisotopic (exact) mass is 431 g/mol. The summed E-state index contributed by atoms with van der Waals surface area (Å²) < 4.78 is 30.4. The normalized spacial score (nSPS) is 15.0. The molecule has 1 amide bonds. The molecular formula is C22H29N3O4S. The molecule has 0 radical (unpaired) electrons. The van der Waals surface area contributed by atoms with E-state index in [1.165, 1.54) is 16.1 Å². The van der Waals surface area contributed by atoms with E-state index < -0.39 is 10.0 Å². The van der Waals surface area contributed by atoms with Crippen molar-refractivity contribution in [3.8, 4) is 0 Å². The summed E-state index contributed by atoms with van der Waals surface area (Å²) in [6.45, 7) is 6.84. The van der Waals surface area contributed by atoms with Gasteiger partial charge in [0, 0.05) is 38.3 Å². The van der Waals surface area contributed by atoms with Crippen LogP contribution in [0.15, 0.2) is 48.5 Å². The lowest BCUT2D eigenvalue weighted by Crippen LogP contribution is -2.35. The Morgan fingerprint density at radius 3 is 2.40 bits per heavy atom. The number of nitrogens with one attached hydrogen (secondary N) is 1. The predicted octanol–water partition coefficient (Wildman–Crippen LogP) is 2.23. The highest BCUT2D eigenvalue weighted by Gasteiger charge is 2.16.